The standard InChI is InChI=1S/2C6H12O5/c7-1-3(8)6-5(10)4(9)2-11-6;7-1-3-5(9)6(10)4(2-8)11-3/h2*3-10H,1-2H2. The zero-order chi connectivity index (χ0) is 16.9. The number of rotatable bonds is 4. The molecule has 2 rings (SSSR count). The Morgan fingerprint density at radius 3 is 1.64 bits per heavy atom. The number of aliphatic hydroxyl groups is 8. The molecule has 0 bridgehead atoms. The Morgan fingerprint density at radius 1 is 0.864 bits per heavy atom. The van der Waals surface area contributed by atoms with Gasteiger partial charge in [0.25, 0.3) is 0 Å². The first-order valence-corrected chi connectivity index (χ1v) is 6.87. The van der Waals surface area contributed by atoms with Crippen molar-refractivity contribution in [2.24, 2.45) is 0 Å². The number of aliphatic hydroxyl groups excluding tert-OH is 8. The van der Waals surface area contributed by atoms with E-state index >= 15 is 0 Å². The van der Waals surface area contributed by atoms with Crippen LogP contribution in [0.2, 0.25) is 0 Å². The van der Waals surface area contributed by atoms with Crippen molar-refractivity contribution in [2.45, 2.75) is 48.8 Å². The lowest BCUT2D eigenvalue weighted by Gasteiger charge is -2.18. The van der Waals surface area contributed by atoms with Crippen LogP contribution in [0.3, 0.4) is 0 Å². The molecule has 0 aromatic rings. The van der Waals surface area contributed by atoms with Crippen molar-refractivity contribution < 1.29 is 50.3 Å². The van der Waals surface area contributed by atoms with Crippen molar-refractivity contribution in [3.63, 3.8) is 0 Å². The van der Waals surface area contributed by atoms with E-state index < -0.39 is 55.4 Å². The van der Waals surface area contributed by atoms with Gasteiger partial charge in [-0.15, -0.1) is 0 Å². The molecule has 2 aliphatic heterocycles. The lowest BCUT2D eigenvalue weighted by molar-refractivity contribution is -0.0684. The Morgan fingerprint density at radius 2 is 1.36 bits per heavy atom. The minimum atomic E-state index is -1.12. The monoisotopic (exact) mass is 328 g/mol. The largest absolute Gasteiger partial charge is 0.394 e. The zero-order valence-electron chi connectivity index (χ0n) is 11.8. The van der Waals surface area contributed by atoms with Gasteiger partial charge in [0.15, 0.2) is 0 Å². The average molecular weight is 328 g/mol. The van der Waals surface area contributed by atoms with Crippen molar-refractivity contribution in [1.29, 1.82) is 0 Å². The molecular weight excluding hydrogens is 304 g/mol. The molecule has 0 radical (unpaired) electrons. The van der Waals surface area contributed by atoms with Crippen LogP contribution in [0.5, 0.6) is 0 Å². The van der Waals surface area contributed by atoms with E-state index in [-0.39, 0.29) is 19.8 Å². The fourth-order valence-electron chi connectivity index (χ4n) is 2.20. The normalized spacial score (nSPS) is 42.8. The summed E-state index contributed by atoms with van der Waals surface area (Å²) in [6.45, 7) is -1.18. The maximum absolute atomic E-state index is 9.11. The van der Waals surface area contributed by atoms with Crippen LogP contribution in [0.15, 0.2) is 0 Å². The Hall–Kier alpha value is -0.400. The van der Waals surface area contributed by atoms with Gasteiger partial charge in [-0.05, 0) is 0 Å². The fraction of sp³-hybridized carbons (Fsp3) is 1.00. The van der Waals surface area contributed by atoms with E-state index in [0.717, 1.165) is 0 Å². The smallest absolute Gasteiger partial charge is 0.114 e. The predicted octanol–water partition coefficient (Wildman–Crippen LogP) is -5.08. The fourth-order valence-corrected chi connectivity index (χ4v) is 2.20. The summed E-state index contributed by atoms with van der Waals surface area (Å²) in [4.78, 5) is 0. The van der Waals surface area contributed by atoms with Crippen LogP contribution < -0.4 is 0 Å². The molecule has 0 spiro atoms. The molecule has 10 heteroatoms. The van der Waals surface area contributed by atoms with Crippen LogP contribution in [0.1, 0.15) is 0 Å². The molecule has 0 amide bonds. The molecular formula is C12H24O10. The summed E-state index contributed by atoms with van der Waals surface area (Å²) in [6.07, 6.45) is -7.80. The van der Waals surface area contributed by atoms with E-state index in [2.05, 4.69) is 0 Å². The molecule has 2 aliphatic rings. The van der Waals surface area contributed by atoms with Gasteiger partial charge in [-0.25, -0.2) is 0 Å². The molecule has 0 aromatic carbocycles. The van der Waals surface area contributed by atoms with Gasteiger partial charge in [0, 0.05) is 0 Å². The third-order valence-corrected chi connectivity index (χ3v) is 3.58. The second-order valence-electron chi connectivity index (χ2n) is 5.17. The highest BCUT2D eigenvalue weighted by molar-refractivity contribution is 4.89. The maximum atomic E-state index is 9.11. The second kappa shape index (κ2) is 9.03. The summed E-state index contributed by atoms with van der Waals surface area (Å²) < 4.78 is 9.70. The number of hydrogen-bond donors (Lipinski definition) is 8. The highest BCUT2D eigenvalue weighted by Crippen LogP contribution is 2.20. The minimum absolute atomic E-state index is 0.00287. The molecule has 132 valence electrons. The van der Waals surface area contributed by atoms with Crippen molar-refractivity contribution in [1.82, 2.24) is 0 Å². The third kappa shape index (κ3) is 4.55. The van der Waals surface area contributed by atoms with E-state index in [1.807, 2.05) is 0 Å². The van der Waals surface area contributed by atoms with Crippen LogP contribution in [-0.2, 0) is 9.47 Å². The van der Waals surface area contributed by atoms with Gasteiger partial charge in [0.2, 0.25) is 0 Å². The summed E-state index contributed by atoms with van der Waals surface area (Å²) in [6, 6.07) is 0. The first-order valence-electron chi connectivity index (χ1n) is 6.87. The van der Waals surface area contributed by atoms with Crippen LogP contribution >= 0.6 is 0 Å². The minimum Gasteiger partial charge on any atom is -0.394 e. The molecule has 8 unspecified atom stereocenters. The van der Waals surface area contributed by atoms with Crippen molar-refractivity contribution in [3.05, 3.63) is 0 Å². The van der Waals surface area contributed by atoms with Gasteiger partial charge >= 0.3 is 0 Å². The van der Waals surface area contributed by atoms with E-state index in [9.17, 15) is 0 Å². The van der Waals surface area contributed by atoms with Gasteiger partial charge in [0.1, 0.15) is 48.8 Å². The summed E-state index contributed by atoms with van der Waals surface area (Å²) in [5, 5.41) is 70.9. The summed E-state index contributed by atoms with van der Waals surface area (Å²) in [7, 11) is 0. The molecule has 2 heterocycles. The molecule has 0 aliphatic carbocycles. The third-order valence-electron chi connectivity index (χ3n) is 3.58. The topological polar surface area (TPSA) is 180 Å². The van der Waals surface area contributed by atoms with E-state index in [4.69, 9.17) is 50.3 Å². The molecule has 22 heavy (non-hydrogen) atoms. The quantitative estimate of drug-likeness (QED) is 0.249. The number of hydrogen-bond acceptors (Lipinski definition) is 10. The lowest BCUT2D eigenvalue weighted by atomic mass is 10.1. The van der Waals surface area contributed by atoms with Gasteiger partial charge in [-0.1, -0.05) is 0 Å². The summed E-state index contributed by atoms with van der Waals surface area (Å²) >= 11 is 0. The highest BCUT2D eigenvalue weighted by atomic mass is 16.6. The Kier molecular flexibility index (Phi) is 8.07. The molecule has 8 atom stereocenters. The van der Waals surface area contributed by atoms with Crippen molar-refractivity contribution >= 4 is 0 Å². The summed E-state index contributed by atoms with van der Waals surface area (Å²) in [5.74, 6) is 0. The van der Waals surface area contributed by atoms with E-state index in [1.54, 1.807) is 0 Å². The van der Waals surface area contributed by atoms with Gasteiger partial charge < -0.3 is 50.3 Å². The number of ether oxygens (including phenoxy) is 2. The van der Waals surface area contributed by atoms with Crippen LogP contribution in [-0.4, -0.2) is 116 Å². The molecule has 2 fully saturated rings. The Balaban J connectivity index is 0.000000220. The van der Waals surface area contributed by atoms with Crippen LogP contribution in [0.4, 0.5) is 0 Å². The van der Waals surface area contributed by atoms with Gasteiger partial charge in [0.05, 0.1) is 26.4 Å². The molecule has 0 saturated carbocycles. The van der Waals surface area contributed by atoms with Gasteiger partial charge in [-0.3, -0.25) is 0 Å². The molecule has 2 saturated heterocycles. The molecule has 8 N–H and O–H groups in total. The lowest BCUT2D eigenvalue weighted by Crippen LogP contribution is -2.40. The van der Waals surface area contributed by atoms with Gasteiger partial charge in [-0.2, -0.15) is 0 Å². The Labute approximate surface area is 126 Å². The van der Waals surface area contributed by atoms with E-state index in [1.165, 1.54) is 0 Å². The van der Waals surface area contributed by atoms with Crippen molar-refractivity contribution in [2.75, 3.05) is 26.4 Å². The molecule has 10 nitrogen and oxygen atoms in total. The average Bonchev–Trinajstić information content (AvgIpc) is 3.00. The molecule has 0 aromatic heterocycles. The maximum Gasteiger partial charge on any atom is 0.114 e. The zero-order valence-corrected chi connectivity index (χ0v) is 11.8. The van der Waals surface area contributed by atoms with E-state index in [0.29, 0.717) is 0 Å². The first kappa shape index (κ1) is 19.6. The first-order chi connectivity index (χ1) is 10.4. The summed E-state index contributed by atoms with van der Waals surface area (Å²) in [5.41, 5.74) is 0. The Bertz CT molecular complexity index is 298. The van der Waals surface area contributed by atoms with Crippen LogP contribution in [0.25, 0.3) is 0 Å². The second-order valence-corrected chi connectivity index (χ2v) is 5.17. The highest BCUT2D eigenvalue weighted by Gasteiger charge is 2.41. The SMILES string of the molecule is OCC(O)C1OCC(O)C1O.OCC1OC(CO)C(O)C1O. The predicted molar refractivity (Wildman–Crippen MR) is 69.7 cm³/mol. The van der Waals surface area contributed by atoms with Crippen LogP contribution in [0, 0.1) is 0 Å². The van der Waals surface area contributed by atoms with Crippen molar-refractivity contribution in [3.8, 4) is 0 Å².